The van der Waals surface area contributed by atoms with Crippen molar-refractivity contribution in [2.75, 3.05) is 12.3 Å². The third kappa shape index (κ3) is 5.46. The number of halogens is 2. The van der Waals surface area contributed by atoms with Gasteiger partial charge in [-0.25, -0.2) is 13.6 Å². The van der Waals surface area contributed by atoms with Crippen LogP contribution in [0.25, 0.3) is 0 Å². The highest BCUT2D eigenvalue weighted by atomic mass is 31.1. The van der Waals surface area contributed by atoms with E-state index in [2.05, 4.69) is 10.1 Å². The molecule has 0 saturated carbocycles. The van der Waals surface area contributed by atoms with Gasteiger partial charge in [0.25, 0.3) is 0 Å². The van der Waals surface area contributed by atoms with Crippen molar-refractivity contribution in [3.8, 4) is 0 Å². The molecule has 2 heterocycles. The van der Waals surface area contributed by atoms with E-state index in [9.17, 15) is 19.1 Å². The van der Waals surface area contributed by atoms with Gasteiger partial charge in [0.1, 0.15) is 18.2 Å². The fourth-order valence-electron chi connectivity index (χ4n) is 2.62. The Hall–Kier alpha value is -1.72. The first-order valence-electron chi connectivity index (χ1n) is 8.84. The lowest BCUT2D eigenvalue weighted by molar-refractivity contribution is -0.148. The van der Waals surface area contributed by atoms with E-state index in [4.69, 9.17) is 19.7 Å². The van der Waals surface area contributed by atoms with Gasteiger partial charge in [-0.05, 0) is 27.7 Å². The molecule has 0 spiro atoms. The number of carbonyl (C=O) groups is 1. The van der Waals surface area contributed by atoms with Gasteiger partial charge in [-0.2, -0.15) is 4.98 Å². The highest BCUT2D eigenvalue weighted by molar-refractivity contribution is 7.29. The van der Waals surface area contributed by atoms with E-state index in [0.717, 1.165) is 6.92 Å². The van der Waals surface area contributed by atoms with Crippen LogP contribution in [0.5, 0.6) is 0 Å². The molecule has 0 radical (unpaired) electrons. The monoisotopic (exact) mass is 438 g/mol. The highest BCUT2D eigenvalue weighted by Gasteiger charge is 2.55. The molecule has 29 heavy (non-hydrogen) atoms. The summed E-state index contributed by atoms with van der Waals surface area (Å²) in [6, 6.07) is -0.633. The minimum Gasteiger partial charge on any atom is -0.462 e. The number of ether oxygens (including phenoxy) is 2. The molecule has 1 saturated heterocycles. The third-order valence-electron chi connectivity index (χ3n) is 4.20. The molecule has 10 nitrogen and oxygen atoms in total. The van der Waals surface area contributed by atoms with Crippen LogP contribution in [-0.2, 0) is 18.8 Å². The van der Waals surface area contributed by atoms with Crippen LogP contribution in [0.1, 0.15) is 33.9 Å². The zero-order valence-electron chi connectivity index (χ0n) is 16.4. The van der Waals surface area contributed by atoms with Crippen LogP contribution in [0.4, 0.5) is 14.6 Å². The van der Waals surface area contributed by atoms with Crippen LogP contribution in [0, 0.1) is 5.82 Å². The zero-order valence-corrected chi connectivity index (χ0v) is 17.4. The number of aliphatic hydroxyl groups excluding tert-OH is 1. The Kier molecular flexibility index (Phi) is 7.63. The number of carbonyl (C=O) groups excluding carboxylic acids is 1. The number of nitrogens with zero attached hydrogens (tertiary/aromatic N) is 2. The number of aliphatic hydroxyl groups is 1. The van der Waals surface area contributed by atoms with Gasteiger partial charge in [-0.1, -0.05) is 0 Å². The number of nitrogen functional groups attached to an aromatic ring is 1. The number of anilines is 1. The second-order valence-electron chi connectivity index (χ2n) is 7.05. The summed E-state index contributed by atoms with van der Waals surface area (Å²) < 4.78 is 45.1. The maximum atomic E-state index is 15.0. The van der Waals surface area contributed by atoms with E-state index >= 15 is 4.39 Å². The maximum Gasteiger partial charge on any atom is 0.351 e. The summed E-state index contributed by atoms with van der Waals surface area (Å²) in [5.74, 6) is -2.10. The molecule has 5 unspecified atom stereocenters. The topological polar surface area (TPSA) is 138 Å². The average Bonchev–Trinajstić information content (AvgIpc) is 2.84. The summed E-state index contributed by atoms with van der Waals surface area (Å²) in [6.07, 6.45) is -4.01. The Morgan fingerprint density at radius 1 is 1.55 bits per heavy atom. The molecule has 1 aromatic rings. The smallest absolute Gasteiger partial charge is 0.351 e. The van der Waals surface area contributed by atoms with Gasteiger partial charge < -0.3 is 24.8 Å². The summed E-state index contributed by atoms with van der Waals surface area (Å²) >= 11 is 0. The Morgan fingerprint density at radius 2 is 2.21 bits per heavy atom. The highest BCUT2D eigenvalue weighted by Crippen LogP contribution is 2.41. The molecule has 13 heteroatoms. The van der Waals surface area contributed by atoms with Gasteiger partial charge in [-0.3, -0.25) is 14.4 Å². The van der Waals surface area contributed by atoms with E-state index in [-0.39, 0.29) is 21.7 Å². The number of hydrogen-bond donors (Lipinski definition) is 3. The molecule has 1 aromatic heterocycles. The minimum absolute atomic E-state index is 0.242. The summed E-state index contributed by atoms with van der Waals surface area (Å²) in [6.45, 7) is 5.81. The number of alkyl halides is 1. The van der Waals surface area contributed by atoms with E-state index in [1.54, 1.807) is 20.8 Å². The van der Waals surface area contributed by atoms with Crippen molar-refractivity contribution in [2.45, 2.75) is 63.9 Å². The minimum atomic E-state index is -2.42. The number of nitrogens with one attached hydrogen (secondary N) is 1. The summed E-state index contributed by atoms with van der Waals surface area (Å²) in [5, 5.41) is 13.0. The largest absolute Gasteiger partial charge is 0.462 e. The van der Waals surface area contributed by atoms with Crippen molar-refractivity contribution in [3.05, 3.63) is 22.5 Å². The van der Waals surface area contributed by atoms with E-state index in [1.807, 2.05) is 0 Å². The number of aromatic nitrogens is 2. The van der Waals surface area contributed by atoms with Crippen molar-refractivity contribution < 1.29 is 32.7 Å². The lowest BCUT2D eigenvalue weighted by atomic mass is 9.98. The van der Waals surface area contributed by atoms with Crippen LogP contribution in [0.15, 0.2) is 11.0 Å². The Bertz CT molecular complexity index is 793. The normalized spacial score (nSPS) is 28.3. The molecule has 6 atom stereocenters. The first-order valence-corrected chi connectivity index (χ1v) is 9.75. The molecule has 0 aromatic carbocycles. The Balaban J connectivity index is 1.96. The van der Waals surface area contributed by atoms with Crippen LogP contribution in [0.3, 0.4) is 0 Å². The van der Waals surface area contributed by atoms with Gasteiger partial charge in [-0.15, -0.1) is 0 Å². The van der Waals surface area contributed by atoms with Crippen molar-refractivity contribution >= 4 is 20.7 Å². The first-order chi connectivity index (χ1) is 13.4. The molecule has 0 amide bonds. The van der Waals surface area contributed by atoms with Crippen molar-refractivity contribution in [2.24, 2.45) is 0 Å². The van der Waals surface area contributed by atoms with Crippen molar-refractivity contribution in [1.82, 2.24) is 14.6 Å². The Morgan fingerprint density at radius 3 is 2.83 bits per heavy atom. The fraction of sp³-hybridized carbons (Fsp3) is 0.688. The average molecular weight is 438 g/mol. The van der Waals surface area contributed by atoms with Gasteiger partial charge in [0.2, 0.25) is 0 Å². The first kappa shape index (κ1) is 23.6. The lowest BCUT2D eigenvalue weighted by Crippen LogP contribution is -2.43. The second-order valence-corrected chi connectivity index (χ2v) is 7.83. The molecular formula is C16H25F2N4O6P. The van der Waals surface area contributed by atoms with E-state index < -0.39 is 53.4 Å². The van der Waals surface area contributed by atoms with Gasteiger partial charge >= 0.3 is 11.7 Å². The van der Waals surface area contributed by atoms with Crippen LogP contribution in [-0.4, -0.2) is 57.3 Å². The van der Waals surface area contributed by atoms with Crippen molar-refractivity contribution in [3.63, 3.8) is 0 Å². The molecule has 4 N–H and O–H groups in total. The zero-order chi connectivity index (χ0) is 21.9. The molecule has 164 valence electrons. The molecule has 0 bridgehead atoms. The summed E-state index contributed by atoms with van der Waals surface area (Å²) in [7, 11) is -0.369. The number of rotatable bonds is 8. The quantitative estimate of drug-likeness (QED) is 0.299. The molecular weight excluding hydrogens is 413 g/mol. The Labute approximate surface area is 167 Å². The van der Waals surface area contributed by atoms with Crippen LogP contribution < -0.4 is 16.5 Å². The lowest BCUT2D eigenvalue weighted by Gasteiger charge is -2.24. The SMILES string of the molecule is CC(C)OC(=O)C(C)NPOCC1OC(n2cc(F)c(N)nc2=O)C(C)(F)[C@H]1O. The fourth-order valence-corrected chi connectivity index (χ4v) is 3.25. The van der Waals surface area contributed by atoms with Gasteiger partial charge in [0.15, 0.2) is 23.5 Å². The van der Waals surface area contributed by atoms with Crippen molar-refractivity contribution in [1.29, 1.82) is 0 Å². The molecule has 1 aliphatic rings. The number of nitrogens with two attached hydrogens (primary N) is 1. The predicted octanol–water partition coefficient (Wildman–Crippen LogP) is 0.406. The number of hydrogen-bond acceptors (Lipinski definition) is 9. The van der Waals surface area contributed by atoms with Gasteiger partial charge in [0.05, 0.1) is 27.9 Å². The molecule has 0 aliphatic carbocycles. The van der Waals surface area contributed by atoms with Gasteiger partial charge in [0, 0.05) is 0 Å². The molecule has 1 aliphatic heterocycles. The predicted molar refractivity (Wildman–Crippen MR) is 100 cm³/mol. The van der Waals surface area contributed by atoms with Crippen LogP contribution in [0.2, 0.25) is 0 Å². The second kappa shape index (κ2) is 9.40. The van der Waals surface area contributed by atoms with Crippen LogP contribution >= 0.6 is 8.96 Å². The number of esters is 1. The molecule has 2 rings (SSSR count). The summed E-state index contributed by atoms with van der Waals surface area (Å²) in [5.41, 5.74) is 1.78. The standard InChI is InChI=1S/C16H25F2N4O6P/c1-7(2)27-13(24)8(3)21-29-26-6-10-11(23)16(4,18)14(28-10)22-5-9(17)12(19)20-15(22)25/h5,7-8,10-11,14,21,23,29H,6H2,1-4H3,(H2,19,20,25)/t8?,10?,11-,14?,16?/m0/s1. The maximum absolute atomic E-state index is 15.0. The van der Waals surface area contributed by atoms with E-state index in [0.29, 0.717) is 10.8 Å². The summed E-state index contributed by atoms with van der Waals surface area (Å²) in [4.78, 5) is 26.9. The third-order valence-corrected chi connectivity index (χ3v) is 5.07. The molecule has 1 fully saturated rings. The van der Waals surface area contributed by atoms with E-state index in [1.165, 1.54) is 0 Å².